The molecule has 0 bridgehead atoms. The van der Waals surface area contributed by atoms with E-state index in [0.717, 1.165) is 24.7 Å². The number of halogens is 1. The van der Waals surface area contributed by atoms with Crippen molar-refractivity contribution in [1.82, 2.24) is 10.2 Å². The zero-order valence-electron chi connectivity index (χ0n) is 13.0. The number of nitrogens with one attached hydrogen (secondary N) is 1. The van der Waals surface area contributed by atoms with Gasteiger partial charge in [0.2, 0.25) is 0 Å². The zero-order chi connectivity index (χ0) is 14.6. The molecule has 1 saturated heterocycles. The van der Waals surface area contributed by atoms with Crippen molar-refractivity contribution >= 4 is 11.6 Å². The van der Waals surface area contributed by atoms with Gasteiger partial charge in [-0.3, -0.25) is 4.90 Å². The summed E-state index contributed by atoms with van der Waals surface area (Å²) in [5.74, 6) is 0. The van der Waals surface area contributed by atoms with E-state index in [1.165, 1.54) is 24.8 Å². The Morgan fingerprint density at radius 1 is 1.25 bits per heavy atom. The highest BCUT2D eigenvalue weighted by Gasteiger charge is 2.35. The Labute approximate surface area is 128 Å². The molecule has 0 saturated carbocycles. The zero-order valence-corrected chi connectivity index (χ0v) is 13.7. The summed E-state index contributed by atoms with van der Waals surface area (Å²) in [5.41, 5.74) is 1.52. The molecule has 112 valence electrons. The molecule has 0 aromatic heterocycles. The second-order valence-corrected chi connectivity index (χ2v) is 6.33. The average molecular weight is 295 g/mol. The van der Waals surface area contributed by atoms with E-state index in [9.17, 15) is 0 Å². The molecule has 2 rings (SSSR count). The Hall–Kier alpha value is -0.570. The Morgan fingerprint density at radius 2 is 1.95 bits per heavy atom. The van der Waals surface area contributed by atoms with Gasteiger partial charge in [-0.2, -0.15) is 0 Å². The van der Waals surface area contributed by atoms with Gasteiger partial charge in [0.1, 0.15) is 0 Å². The molecule has 20 heavy (non-hydrogen) atoms. The molecule has 1 unspecified atom stereocenters. The molecule has 1 aromatic carbocycles. The predicted octanol–water partition coefficient (Wildman–Crippen LogP) is 4.08. The quantitative estimate of drug-likeness (QED) is 0.880. The Morgan fingerprint density at radius 3 is 2.55 bits per heavy atom. The number of hydrogen-bond acceptors (Lipinski definition) is 2. The SMILES string of the molecule is CCC1CNC(CC)(CC)CN1Cc1ccccc1Cl. The largest absolute Gasteiger partial charge is 0.308 e. The minimum atomic E-state index is 0.271. The first-order chi connectivity index (χ1) is 9.64. The standard InChI is InChI=1S/C17H27ClN2/c1-4-15-11-19-17(5-2,6-3)13-20(15)12-14-9-7-8-10-16(14)18/h7-10,15,19H,4-6,11-13H2,1-3H3. The lowest BCUT2D eigenvalue weighted by atomic mass is 9.88. The molecule has 0 radical (unpaired) electrons. The van der Waals surface area contributed by atoms with Crippen LogP contribution in [0.15, 0.2) is 24.3 Å². The van der Waals surface area contributed by atoms with Crippen LogP contribution in [0.2, 0.25) is 5.02 Å². The fourth-order valence-corrected chi connectivity index (χ4v) is 3.39. The number of hydrogen-bond donors (Lipinski definition) is 1. The number of rotatable bonds is 5. The molecule has 0 spiro atoms. The molecule has 1 aliphatic heterocycles. The van der Waals surface area contributed by atoms with Crippen LogP contribution >= 0.6 is 11.6 Å². The summed E-state index contributed by atoms with van der Waals surface area (Å²) in [6.07, 6.45) is 3.54. The smallest absolute Gasteiger partial charge is 0.0451 e. The highest BCUT2D eigenvalue weighted by Crippen LogP contribution is 2.27. The van der Waals surface area contributed by atoms with Crippen molar-refractivity contribution in [3.8, 4) is 0 Å². The van der Waals surface area contributed by atoms with Crippen molar-refractivity contribution in [1.29, 1.82) is 0 Å². The summed E-state index contributed by atoms with van der Waals surface area (Å²) in [5, 5.41) is 4.68. The van der Waals surface area contributed by atoms with E-state index in [2.05, 4.69) is 43.1 Å². The number of piperazine rings is 1. The van der Waals surface area contributed by atoms with E-state index < -0.39 is 0 Å². The monoisotopic (exact) mass is 294 g/mol. The number of nitrogens with zero attached hydrogens (tertiary/aromatic N) is 1. The van der Waals surface area contributed by atoms with Crippen molar-refractivity contribution in [2.45, 2.75) is 58.2 Å². The lowest BCUT2D eigenvalue weighted by Crippen LogP contribution is -2.63. The minimum Gasteiger partial charge on any atom is -0.308 e. The molecule has 1 fully saturated rings. The maximum absolute atomic E-state index is 6.33. The van der Waals surface area contributed by atoms with Gasteiger partial charge in [0.05, 0.1) is 0 Å². The fraction of sp³-hybridized carbons (Fsp3) is 0.647. The first-order valence-electron chi connectivity index (χ1n) is 7.86. The normalized spacial score (nSPS) is 22.9. The van der Waals surface area contributed by atoms with Crippen LogP contribution in [-0.4, -0.2) is 29.6 Å². The summed E-state index contributed by atoms with van der Waals surface area (Å²) in [6, 6.07) is 8.84. The van der Waals surface area contributed by atoms with Gasteiger partial charge in [-0.1, -0.05) is 50.6 Å². The third-order valence-electron chi connectivity index (χ3n) is 4.89. The van der Waals surface area contributed by atoms with Crippen molar-refractivity contribution in [2.75, 3.05) is 13.1 Å². The van der Waals surface area contributed by atoms with E-state index in [1.54, 1.807) is 0 Å². The van der Waals surface area contributed by atoms with E-state index in [0.29, 0.717) is 6.04 Å². The summed E-state index contributed by atoms with van der Waals surface area (Å²) in [6.45, 7) is 10.0. The van der Waals surface area contributed by atoms with Gasteiger partial charge in [0, 0.05) is 36.2 Å². The first-order valence-corrected chi connectivity index (χ1v) is 8.24. The molecular formula is C17H27ClN2. The highest BCUT2D eigenvalue weighted by atomic mass is 35.5. The Balaban J connectivity index is 2.15. The predicted molar refractivity (Wildman–Crippen MR) is 87.3 cm³/mol. The van der Waals surface area contributed by atoms with Gasteiger partial charge in [-0.05, 0) is 30.9 Å². The van der Waals surface area contributed by atoms with Crippen molar-refractivity contribution in [2.24, 2.45) is 0 Å². The van der Waals surface area contributed by atoms with Gasteiger partial charge in [-0.25, -0.2) is 0 Å². The summed E-state index contributed by atoms with van der Waals surface area (Å²) in [7, 11) is 0. The van der Waals surface area contributed by atoms with Crippen molar-refractivity contribution < 1.29 is 0 Å². The van der Waals surface area contributed by atoms with Gasteiger partial charge in [-0.15, -0.1) is 0 Å². The highest BCUT2D eigenvalue weighted by molar-refractivity contribution is 6.31. The topological polar surface area (TPSA) is 15.3 Å². The van der Waals surface area contributed by atoms with Crippen LogP contribution in [-0.2, 0) is 6.54 Å². The maximum atomic E-state index is 6.33. The number of benzene rings is 1. The molecule has 1 N–H and O–H groups in total. The second kappa shape index (κ2) is 6.93. The van der Waals surface area contributed by atoms with Gasteiger partial charge in [0.15, 0.2) is 0 Å². The molecule has 1 aliphatic rings. The molecule has 0 aliphatic carbocycles. The third kappa shape index (κ3) is 3.36. The van der Waals surface area contributed by atoms with Gasteiger partial charge >= 0.3 is 0 Å². The fourth-order valence-electron chi connectivity index (χ4n) is 3.19. The summed E-state index contributed by atoms with van der Waals surface area (Å²) >= 11 is 6.33. The molecule has 0 amide bonds. The Bertz CT molecular complexity index is 429. The van der Waals surface area contributed by atoms with Crippen molar-refractivity contribution in [3.05, 3.63) is 34.9 Å². The minimum absolute atomic E-state index is 0.271. The van der Waals surface area contributed by atoms with E-state index >= 15 is 0 Å². The lowest BCUT2D eigenvalue weighted by Gasteiger charge is -2.47. The van der Waals surface area contributed by atoms with Gasteiger partial charge in [0.25, 0.3) is 0 Å². The maximum Gasteiger partial charge on any atom is 0.0451 e. The second-order valence-electron chi connectivity index (χ2n) is 5.93. The van der Waals surface area contributed by atoms with Crippen LogP contribution in [0.3, 0.4) is 0 Å². The average Bonchev–Trinajstić information content (AvgIpc) is 2.49. The third-order valence-corrected chi connectivity index (χ3v) is 5.26. The molecule has 2 nitrogen and oxygen atoms in total. The molecule has 1 heterocycles. The van der Waals surface area contributed by atoms with Gasteiger partial charge < -0.3 is 5.32 Å². The van der Waals surface area contributed by atoms with Crippen LogP contribution < -0.4 is 5.32 Å². The van der Waals surface area contributed by atoms with E-state index in [4.69, 9.17) is 11.6 Å². The Kier molecular flexibility index (Phi) is 5.48. The summed E-state index contributed by atoms with van der Waals surface area (Å²) < 4.78 is 0. The van der Waals surface area contributed by atoms with Crippen molar-refractivity contribution in [3.63, 3.8) is 0 Å². The van der Waals surface area contributed by atoms with Crippen LogP contribution in [0.4, 0.5) is 0 Å². The molecule has 3 heteroatoms. The lowest BCUT2D eigenvalue weighted by molar-refractivity contribution is 0.0643. The molecular weight excluding hydrogens is 268 g/mol. The van der Waals surface area contributed by atoms with Crippen LogP contribution in [0.5, 0.6) is 0 Å². The van der Waals surface area contributed by atoms with Crippen LogP contribution in [0, 0.1) is 0 Å². The molecule has 1 atom stereocenters. The van der Waals surface area contributed by atoms with Crippen LogP contribution in [0.25, 0.3) is 0 Å². The van der Waals surface area contributed by atoms with E-state index in [1.807, 2.05) is 12.1 Å². The van der Waals surface area contributed by atoms with E-state index in [-0.39, 0.29) is 5.54 Å². The van der Waals surface area contributed by atoms with Crippen LogP contribution in [0.1, 0.15) is 45.6 Å². The summed E-state index contributed by atoms with van der Waals surface area (Å²) in [4.78, 5) is 2.62. The first kappa shape index (κ1) is 15.8. The molecule has 1 aromatic rings.